The lowest BCUT2D eigenvalue weighted by Crippen LogP contribution is -2.19. The maximum absolute atomic E-state index is 13.3. The van der Waals surface area contributed by atoms with Crippen molar-refractivity contribution >= 4 is 15.9 Å². The van der Waals surface area contributed by atoms with Gasteiger partial charge in [0.15, 0.2) is 0 Å². The predicted octanol–water partition coefficient (Wildman–Crippen LogP) is 4.22. The first-order valence-corrected chi connectivity index (χ1v) is 7.86. The number of fused-ring (bicyclic) bond motifs is 1. The number of nitrogens with one attached hydrogen (secondary N) is 1. The fourth-order valence-electron chi connectivity index (χ4n) is 2.80. The van der Waals surface area contributed by atoms with Gasteiger partial charge in [-0.15, -0.1) is 0 Å². The highest BCUT2D eigenvalue weighted by Gasteiger charge is 2.18. The SMILES string of the molecule is CNC(c1ccc2c(c1)CCCO2)c1ccc(F)cc1Br. The summed E-state index contributed by atoms with van der Waals surface area (Å²) in [7, 11) is 1.91. The van der Waals surface area contributed by atoms with Gasteiger partial charge in [-0.2, -0.15) is 0 Å². The molecule has 0 amide bonds. The third-order valence-corrected chi connectivity index (χ3v) is 4.51. The molecule has 1 unspecified atom stereocenters. The van der Waals surface area contributed by atoms with E-state index in [0.717, 1.165) is 40.8 Å². The normalized spacial score (nSPS) is 15.2. The van der Waals surface area contributed by atoms with Gasteiger partial charge < -0.3 is 10.1 Å². The van der Waals surface area contributed by atoms with Crippen LogP contribution in [-0.2, 0) is 6.42 Å². The smallest absolute Gasteiger partial charge is 0.124 e. The monoisotopic (exact) mass is 349 g/mol. The Hall–Kier alpha value is -1.39. The van der Waals surface area contributed by atoms with Gasteiger partial charge in [0.1, 0.15) is 11.6 Å². The minimum atomic E-state index is -0.237. The molecular weight excluding hydrogens is 333 g/mol. The Bertz CT molecular complexity index is 659. The summed E-state index contributed by atoms with van der Waals surface area (Å²) < 4.78 is 19.7. The molecule has 1 aliphatic heterocycles. The van der Waals surface area contributed by atoms with Crippen molar-refractivity contribution in [3.8, 4) is 5.75 Å². The van der Waals surface area contributed by atoms with Gasteiger partial charge in [-0.1, -0.05) is 34.1 Å². The highest BCUT2D eigenvalue weighted by molar-refractivity contribution is 9.10. The largest absolute Gasteiger partial charge is 0.493 e. The van der Waals surface area contributed by atoms with Crippen LogP contribution >= 0.6 is 15.9 Å². The number of hydrogen-bond acceptors (Lipinski definition) is 2. The molecule has 1 N–H and O–H groups in total. The van der Waals surface area contributed by atoms with E-state index in [0.29, 0.717) is 0 Å². The van der Waals surface area contributed by atoms with E-state index in [1.54, 1.807) is 0 Å². The van der Waals surface area contributed by atoms with E-state index in [2.05, 4.69) is 33.4 Å². The molecule has 110 valence electrons. The number of halogens is 2. The molecule has 0 saturated heterocycles. The second-order valence-corrected chi connectivity index (χ2v) is 6.06. The first-order chi connectivity index (χ1) is 10.2. The van der Waals surface area contributed by atoms with Gasteiger partial charge in [-0.25, -0.2) is 4.39 Å². The van der Waals surface area contributed by atoms with Gasteiger partial charge in [-0.3, -0.25) is 0 Å². The number of rotatable bonds is 3. The van der Waals surface area contributed by atoms with Gasteiger partial charge in [-0.05, 0) is 54.8 Å². The van der Waals surface area contributed by atoms with Crippen LogP contribution in [0.15, 0.2) is 40.9 Å². The first-order valence-electron chi connectivity index (χ1n) is 7.07. The maximum atomic E-state index is 13.3. The quantitative estimate of drug-likeness (QED) is 0.895. The third-order valence-electron chi connectivity index (χ3n) is 3.83. The minimum Gasteiger partial charge on any atom is -0.493 e. The van der Waals surface area contributed by atoms with Gasteiger partial charge in [0.05, 0.1) is 12.6 Å². The summed E-state index contributed by atoms with van der Waals surface area (Å²) in [4.78, 5) is 0. The molecular formula is C17H17BrFNO. The molecule has 1 heterocycles. The lowest BCUT2D eigenvalue weighted by atomic mass is 9.95. The number of ether oxygens (including phenoxy) is 1. The van der Waals surface area contributed by atoms with E-state index >= 15 is 0 Å². The van der Waals surface area contributed by atoms with Crippen molar-refractivity contribution in [3.63, 3.8) is 0 Å². The molecule has 0 aromatic heterocycles. The summed E-state index contributed by atoms with van der Waals surface area (Å²) in [5.74, 6) is 0.748. The molecule has 0 saturated carbocycles. The van der Waals surface area contributed by atoms with Crippen molar-refractivity contribution in [2.45, 2.75) is 18.9 Å². The Morgan fingerprint density at radius 3 is 2.86 bits per heavy atom. The fourth-order valence-corrected chi connectivity index (χ4v) is 3.38. The summed E-state index contributed by atoms with van der Waals surface area (Å²) in [5, 5.41) is 3.31. The van der Waals surface area contributed by atoms with Crippen molar-refractivity contribution in [1.29, 1.82) is 0 Å². The summed E-state index contributed by atoms with van der Waals surface area (Å²) in [6.07, 6.45) is 2.10. The highest BCUT2D eigenvalue weighted by Crippen LogP contribution is 2.33. The lowest BCUT2D eigenvalue weighted by Gasteiger charge is -2.22. The van der Waals surface area contributed by atoms with Crippen molar-refractivity contribution in [2.75, 3.05) is 13.7 Å². The molecule has 0 fully saturated rings. The van der Waals surface area contributed by atoms with Crippen LogP contribution in [0.5, 0.6) is 5.75 Å². The zero-order valence-electron chi connectivity index (χ0n) is 11.8. The summed E-state index contributed by atoms with van der Waals surface area (Å²) in [6.45, 7) is 0.797. The average molecular weight is 350 g/mol. The molecule has 21 heavy (non-hydrogen) atoms. The minimum absolute atomic E-state index is 0.0206. The van der Waals surface area contributed by atoms with Gasteiger partial charge in [0.2, 0.25) is 0 Å². The van der Waals surface area contributed by atoms with E-state index in [1.807, 2.05) is 19.2 Å². The molecule has 0 aliphatic carbocycles. The van der Waals surface area contributed by atoms with Gasteiger partial charge in [0, 0.05) is 4.47 Å². The lowest BCUT2D eigenvalue weighted by molar-refractivity contribution is 0.288. The van der Waals surface area contributed by atoms with Crippen LogP contribution in [0, 0.1) is 5.82 Å². The Morgan fingerprint density at radius 2 is 2.10 bits per heavy atom. The predicted molar refractivity (Wildman–Crippen MR) is 85.3 cm³/mol. The van der Waals surface area contributed by atoms with Gasteiger partial charge >= 0.3 is 0 Å². The van der Waals surface area contributed by atoms with Crippen LogP contribution in [0.4, 0.5) is 4.39 Å². The van der Waals surface area contributed by atoms with E-state index in [4.69, 9.17) is 4.74 Å². The Morgan fingerprint density at radius 1 is 1.24 bits per heavy atom. The second kappa shape index (κ2) is 6.16. The van der Waals surface area contributed by atoms with E-state index in [1.165, 1.54) is 17.7 Å². The molecule has 1 aliphatic rings. The Balaban J connectivity index is 1.99. The first kappa shape index (κ1) is 14.5. The molecule has 0 radical (unpaired) electrons. The van der Waals surface area contributed by atoms with Crippen molar-refractivity contribution in [2.24, 2.45) is 0 Å². The Labute approximate surface area is 132 Å². The molecule has 2 aromatic carbocycles. The van der Waals surface area contributed by atoms with Crippen molar-refractivity contribution in [3.05, 3.63) is 63.4 Å². The molecule has 2 nitrogen and oxygen atoms in total. The fraction of sp³-hybridized carbons (Fsp3) is 0.294. The van der Waals surface area contributed by atoms with Crippen LogP contribution in [0.2, 0.25) is 0 Å². The zero-order valence-corrected chi connectivity index (χ0v) is 13.4. The highest BCUT2D eigenvalue weighted by atomic mass is 79.9. The van der Waals surface area contributed by atoms with Crippen LogP contribution in [0.3, 0.4) is 0 Å². The molecule has 0 bridgehead atoms. The maximum Gasteiger partial charge on any atom is 0.124 e. The molecule has 0 spiro atoms. The van der Waals surface area contributed by atoms with E-state index in [-0.39, 0.29) is 11.9 Å². The number of hydrogen-bond donors (Lipinski definition) is 1. The molecule has 1 atom stereocenters. The Kier molecular flexibility index (Phi) is 4.27. The topological polar surface area (TPSA) is 21.3 Å². The average Bonchev–Trinajstić information content (AvgIpc) is 2.50. The summed E-state index contributed by atoms with van der Waals surface area (Å²) in [5.41, 5.74) is 3.43. The van der Waals surface area contributed by atoms with E-state index in [9.17, 15) is 4.39 Å². The molecule has 4 heteroatoms. The molecule has 2 aromatic rings. The number of aryl methyl sites for hydroxylation is 1. The third kappa shape index (κ3) is 2.97. The van der Waals surface area contributed by atoms with Crippen LogP contribution in [0.1, 0.15) is 29.2 Å². The standard InChI is InChI=1S/C17H17BrFNO/c1-20-17(14-6-5-13(19)10-15(14)18)12-4-7-16-11(9-12)3-2-8-21-16/h4-7,9-10,17,20H,2-3,8H2,1H3. The van der Waals surface area contributed by atoms with Crippen LogP contribution < -0.4 is 10.1 Å². The number of benzene rings is 2. The summed E-state index contributed by atoms with van der Waals surface area (Å²) in [6, 6.07) is 11.1. The van der Waals surface area contributed by atoms with Crippen LogP contribution in [0.25, 0.3) is 0 Å². The second-order valence-electron chi connectivity index (χ2n) is 5.21. The zero-order chi connectivity index (χ0) is 14.8. The van der Waals surface area contributed by atoms with Crippen LogP contribution in [-0.4, -0.2) is 13.7 Å². The molecule has 3 rings (SSSR count). The van der Waals surface area contributed by atoms with Crippen molar-refractivity contribution < 1.29 is 9.13 Å². The summed E-state index contributed by atoms with van der Waals surface area (Å²) >= 11 is 3.46. The van der Waals surface area contributed by atoms with E-state index < -0.39 is 0 Å². The van der Waals surface area contributed by atoms with Gasteiger partial charge in [0.25, 0.3) is 0 Å². The van der Waals surface area contributed by atoms with Crippen molar-refractivity contribution in [1.82, 2.24) is 5.32 Å².